The molecular weight excluding hydrogens is 484 g/mol. The molecule has 4 aromatic rings. The summed E-state index contributed by atoms with van der Waals surface area (Å²) in [4.78, 5) is 12.3. The first-order valence-corrected chi connectivity index (χ1v) is 13.6. The van der Waals surface area contributed by atoms with E-state index in [0.717, 1.165) is 35.5 Å². The Morgan fingerprint density at radius 3 is 2.41 bits per heavy atom. The Labute approximate surface area is 221 Å². The highest BCUT2D eigenvalue weighted by Crippen LogP contribution is 2.34. The molecule has 2 aromatic heterocycles. The summed E-state index contributed by atoms with van der Waals surface area (Å²) in [5, 5.41) is 4.10. The fraction of sp³-hybridized carbons (Fsp3) is 0.321. The van der Waals surface area contributed by atoms with Gasteiger partial charge in [-0.15, -0.1) is 0 Å². The fourth-order valence-electron chi connectivity index (χ4n) is 4.64. The van der Waals surface area contributed by atoms with Crippen molar-refractivity contribution in [3.63, 3.8) is 0 Å². The SMILES string of the molecule is Cc1ccccc1-c1nc(N[S+]([O-])c2cnn(C)c2)nc(Oc2ccc(C3CCN(C)CC3)cc2)c1C. The van der Waals surface area contributed by atoms with Crippen LogP contribution in [0.15, 0.2) is 65.8 Å². The van der Waals surface area contributed by atoms with E-state index < -0.39 is 11.4 Å². The number of piperidine rings is 1. The summed E-state index contributed by atoms with van der Waals surface area (Å²) in [6.07, 6.45) is 5.60. The van der Waals surface area contributed by atoms with E-state index in [2.05, 4.69) is 38.9 Å². The highest BCUT2D eigenvalue weighted by Gasteiger charge is 2.22. The molecule has 0 bridgehead atoms. The largest absolute Gasteiger partial charge is 0.588 e. The van der Waals surface area contributed by atoms with Crippen LogP contribution in [-0.4, -0.2) is 49.3 Å². The van der Waals surface area contributed by atoms with E-state index >= 15 is 0 Å². The predicted octanol–water partition coefficient (Wildman–Crippen LogP) is 5.23. The normalized spacial score (nSPS) is 15.5. The van der Waals surface area contributed by atoms with Gasteiger partial charge in [-0.25, -0.2) is 4.98 Å². The van der Waals surface area contributed by atoms with Crippen LogP contribution in [0.4, 0.5) is 5.95 Å². The number of likely N-dealkylation sites (tertiary alicyclic amines) is 1. The second-order valence-electron chi connectivity index (χ2n) is 9.61. The van der Waals surface area contributed by atoms with E-state index in [0.29, 0.717) is 22.4 Å². The van der Waals surface area contributed by atoms with Gasteiger partial charge in [0.25, 0.3) is 5.95 Å². The smallest absolute Gasteiger partial charge is 0.269 e. The van der Waals surface area contributed by atoms with Gasteiger partial charge in [0.05, 0.1) is 11.9 Å². The van der Waals surface area contributed by atoms with Crippen molar-refractivity contribution >= 4 is 17.3 Å². The van der Waals surface area contributed by atoms with Crippen molar-refractivity contribution in [2.24, 2.45) is 7.05 Å². The molecule has 1 N–H and O–H groups in total. The molecule has 0 amide bonds. The Morgan fingerprint density at radius 2 is 1.73 bits per heavy atom. The molecule has 0 radical (unpaired) electrons. The fourth-order valence-corrected chi connectivity index (χ4v) is 5.41. The molecule has 1 aliphatic heterocycles. The number of aryl methyl sites for hydroxylation is 2. The summed E-state index contributed by atoms with van der Waals surface area (Å²) in [5.74, 6) is 1.93. The molecule has 1 saturated heterocycles. The maximum atomic E-state index is 12.9. The summed E-state index contributed by atoms with van der Waals surface area (Å²) >= 11 is -1.57. The molecule has 1 aliphatic rings. The summed E-state index contributed by atoms with van der Waals surface area (Å²) in [7, 11) is 3.96. The Kier molecular flexibility index (Phi) is 7.45. The van der Waals surface area contributed by atoms with Gasteiger partial charge in [-0.05, 0) is 76.0 Å². The molecule has 0 spiro atoms. The third-order valence-electron chi connectivity index (χ3n) is 6.87. The van der Waals surface area contributed by atoms with E-state index in [1.165, 1.54) is 18.4 Å². The maximum Gasteiger partial charge on any atom is 0.269 e. The van der Waals surface area contributed by atoms with Crippen LogP contribution < -0.4 is 9.46 Å². The second kappa shape index (κ2) is 10.9. The number of hydrogen-bond acceptors (Lipinski definition) is 7. The van der Waals surface area contributed by atoms with Crippen LogP contribution in [0.2, 0.25) is 0 Å². The van der Waals surface area contributed by atoms with Crippen molar-refractivity contribution in [3.05, 3.63) is 77.6 Å². The second-order valence-corrected chi connectivity index (χ2v) is 10.8. The van der Waals surface area contributed by atoms with Crippen LogP contribution in [0.5, 0.6) is 11.6 Å². The van der Waals surface area contributed by atoms with E-state index in [9.17, 15) is 4.55 Å². The number of nitrogens with zero attached hydrogens (tertiary/aromatic N) is 5. The molecule has 9 heteroatoms. The number of aromatic nitrogens is 4. The molecule has 1 atom stereocenters. The lowest BCUT2D eigenvalue weighted by molar-refractivity contribution is 0.255. The van der Waals surface area contributed by atoms with Crippen LogP contribution in [0.3, 0.4) is 0 Å². The van der Waals surface area contributed by atoms with E-state index in [1.807, 2.05) is 50.2 Å². The lowest BCUT2D eigenvalue weighted by Gasteiger charge is -2.29. The molecular formula is C28H32N6O2S. The van der Waals surface area contributed by atoms with Crippen molar-refractivity contribution < 1.29 is 9.29 Å². The van der Waals surface area contributed by atoms with E-state index in [-0.39, 0.29) is 5.95 Å². The molecule has 8 nitrogen and oxygen atoms in total. The summed E-state index contributed by atoms with van der Waals surface area (Å²) in [5.41, 5.74) is 4.94. The summed E-state index contributed by atoms with van der Waals surface area (Å²) < 4.78 is 23.7. The van der Waals surface area contributed by atoms with Crippen LogP contribution in [0.1, 0.15) is 35.4 Å². The molecule has 37 heavy (non-hydrogen) atoms. The van der Waals surface area contributed by atoms with Crippen LogP contribution in [0, 0.1) is 13.8 Å². The number of benzene rings is 2. The van der Waals surface area contributed by atoms with Gasteiger partial charge >= 0.3 is 0 Å². The molecule has 1 unspecified atom stereocenters. The third-order valence-corrected chi connectivity index (χ3v) is 7.87. The number of anilines is 1. The van der Waals surface area contributed by atoms with Crippen molar-refractivity contribution in [3.8, 4) is 22.9 Å². The van der Waals surface area contributed by atoms with Crippen LogP contribution >= 0.6 is 0 Å². The van der Waals surface area contributed by atoms with Gasteiger partial charge in [-0.2, -0.15) is 14.8 Å². The quantitative estimate of drug-likeness (QED) is 0.336. The molecule has 5 rings (SSSR count). The Balaban J connectivity index is 1.44. The Morgan fingerprint density at radius 1 is 1.00 bits per heavy atom. The van der Waals surface area contributed by atoms with Gasteiger partial charge < -0.3 is 14.2 Å². The Hall–Kier alpha value is -3.40. The van der Waals surface area contributed by atoms with Crippen molar-refractivity contribution in [2.45, 2.75) is 37.5 Å². The minimum atomic E-state index is -1.57. The number of hydrogen-bond donors (Lipinski definition) is 1. The van der Waals surface area contributed by atoms with Crippen molar-refractivity contribution in [1.82, 2.24) is 24.6 Å². The lowest BCUT2D eigenvalue weighted by atomic mass is 9.90. The molecule has 3 heterocycles. The third kappa shape index (κ3) is 5.79. The highest BCUT2D eigenvalue weighted by atomic mass is 32.2. The zero-order chi connectivity index (χ0) is 25.9. The first-order valence-electron chi connectivity index (χ1n) is 12.5. The molecule has 192 valence electrons. The van der Waals surface area contributed by atoms with Gasteiger partial charge in [0, 0.05) is 18.2 Å². The number of ether oxygens (including phenoxy) is 1. The molecule has 0 saturated carbocycles. The van der Waals surface area contributed by atoms with Gasteiger partial charge in [-0.3, -0.25) is 4.68 Å². The first-order chi connectivity index (χ1) is 17.9. The first kappa shape index (κ1) is 25.3. The average Bonchev–Trinajstić information content (AvgIpc) is 3.34. The minimum absolute atomic E-state index is 0.226. The van der Waals surface area contributed by atoms with Crippen LogP contribution in [0.25, 0.3) is 11.3 Å². The summed E-state index contributed by atoms with van der Waals surface area (Å²) in [6.45, 7) is 6.24. The minimum Gasteiger partial charge on any atom is -0.588 e. The molecule has 0 aliphatic carbocycles. The van der Waals surface area contributed by atoms with Crippen molar-refractivity contribution in [2.75, 3.05) is 24.9 Å². The predicted molar refractivity (Wildman–Crippen MR) is 146 cm³/mol. The number of rotatable bonds is 7. The van der Waals surface area contributed by atoms with E-state index in [4.69, 9.17) is 9.72 Å². The van der Waals surface area contributed by atoms with Crippen molar-refractivity contribution in [1.29, 1.82) is 0 Å². The monoisotopic (exact) mass is 516 g/mol. The highest BCUT2D eigenvalue weighted by molar-refractivity contribution is 7.92. The van der Waals surface area contributed by atoms with Gasteiger partial charge in [-0.1, -0.05) is 36.4 Å². The molecule has 1 fully saturated rings. The topological polar surface area (TPSA) is 91.2 Å². The summed E-state index contributed by atoms with van der Waals surface area (Å²) in [6, 6.07) is 16.4. The van der Waals surface area contributed by atoms with Gasteiger partial charge in [0.1, 0.15) is 23.3 Å². The number of nitrogens with one attached hydrogen (secondary N) is 1. The maximum absolute atomic E-state index is 12.9. The standard InChI is InChI=1S/C28H32N6O2S/c1-19-7-5-6-8-25(19)26-20(2)27(31-28(30-26)32-37(35)24-17-29-34(4)18-24)36-23-11-9-21(10-12-23)22-13-15-33(3)16-14-22/h5-12,17-18,22H,13-16H2,1-4H3,(H,30,31,32). The van der Waals surface area contributed by atoms with Gasteiger partial charge in [0.2, 0.25) is 10.8 Å². The van der Waals surface area contributed by atoms with E-state index in [1.54, 1.807) is 24.1 Å². The molecule has 2 aromatic carbocycles. The lowest BCUT2D eigenvalue weighted by Crippen LogP contribution is -2.29. The zero-order valence-electron chi connectivity index (χ0n) is 21.6. The average molecular weight is 517 g/mol. The zero-order valence-corrected chi connectivity index (χ0v) is 22.5. The van der Waals surface area contributed by atoms with Crippen LogP contribution in [-0.2, 0) is 18.4 Å². The Bertz CT molecular complexity index is 1370. The van der Waals surface area contributed by atoms with Gasteiger partial charge in [0.15, 0.2) is 0 Å².